The van der Waals surface area contributed by atoms with Crippen LogP contribution in [0.3, 0.4) is 0 Å². The minimum Gasteiger partial charge on any atom is -0.491 e. The van der Waals surface area contributed by atoms with Crippen LogP contribution < -0.4 is 10.5 Å². The SMILES string of the molecule is C=C(/C=C\C=C/C)CSc1nc(N)c(C#N)c(-c2ccc(OCCOC)cc2)c1C#N. The lowest BCUT2D eigenvalue weighted by atomic mass is 9.97. The molecule has 1 heterocycles. The number of ether oxygens (including phenoxy) is 2. The number of methoxy groups -OCH3 is 1. The molecule has 0 aliphatic carbocycles. The quantitative estimate of drug-likeness (QED) is 0.324. The fraction of sp³-hybridized carbons (Fsp3) is 0.208. The second-order valence-corrected chi connectivity index (χ2v) is 7.31. The van der Waals surface area contributed by atoms with Crippen molar-refractivity contribution in [2.45, 2.75) is 11.9 Å². The molecule has 2 rings (SSSR count). The van der Waals surface area contributed by atoms with Crippen molar-refractivity contribution in [2.75, 3.05) is 31.8 Å². The van der Waals surface area contributed by atoms with E-state index in [9.17, 15) is 10.5 Å². The van der Waals surface area contributed by atoms with Crippen LogP contribution >= 0.6 is 11.8 Å². The summed E-state index contributed by atoms with van der Waals surface area (Å²) in [6, 6.07) is 11.4. The molecule has 158 valence electrons. The Labute approximate surface area is 187 Å². The molecule has 7 heteroatoms. The predicted molar refractivity (Wildman–Crippen MR) is 125 cm³/mol. The Morgan fingerprint density at radius 3 is 2.48 bits per heavy atom. The molecule has 0 fully saturated rings. The minimum atomic E-state index is 0.0921. The Balaban J connectivity index is 2.39. The predicted octanol–water partition coefficient (Wildman–Crippen LogP) is 4.88. The van der Waals surface area contributed by atoms with Crippen LogP contribution in [0.15, 0.2) is 65.7 Å². The number of aromatic nitrogens is 1. The highest BCUT2D eigenvalue weighted by molar-refractivity contribution is 7.99. The maximum atomic E-state index is 9.87. The minimum absolute atomic E-state index is 0.0921. The van der Waals surface area contributed by atoms with Gasteiger partial charge in [0.15, 0.2) is 0 Å². The van der Waals surface area contributed by atoms with Crippen LogP contribution in [0.25, 0.3) is 11.1 Å². The van der Waals surface area contributed by atoms with Gasteiger partial charge < -0.3 is 15.2 Å². The highest BCUT2D eigenvalue weighted by Crippen LogP contribution is 2.36. The highest BCUT2D eigenvalue weighted by Gasteiger charge is 2.20. The second kappa shape index (κ2) is 12.2. The van der Waals surface area contributed by atoms with E-state index in [0.717, 1.165) is 5.57 Å². The first-order valence-electron chi connectivity index (χ1n) is 9.51. The Kier molecular flexibility index (Phi) is 9.38. The number of nitrogens with two attached hydrogens (primary N) is 1. The first-order chi connectivity index (χ1) is 15.0. The molecule has 6 nitrogen and oxygen atoms in total. The number of rotatable bonds is 10. The number of benzene rings is 1. The summed E-state index contributed by atoms with van der Waals surface area (Å²) < 4.78 is 10.6. The number of thioether (sulfide) groups is 1. The van der Waals surface area contributed by atoms with Crippen LogP contribution in [0.1, 0.15) is 18.1 Å². The first kappa shape index (κ1) is 23.8. The third-order valence-corrected chi connectivity index (χ3v) is 5.23. The number of anilines is 1. The third-order valence-electron chi connectivity index (χ3n) is 4.14. The van der Waals surface area contributed by atoms with E-state index in [1.807, 2.05) is 31.2 Å². The van der Waals surface area contributed by atoms with Crippen LogP contribution in [0.2, 0.25) is 0 Å². The number of hydrogen-bond donors (Lipinski definition) is 1. The van der Waals surface area contributed by atoms with Crippen LogP contribution in [-0.4, -0.2) is 31.1 Å². The van der Waals surface area contributed by atoms with E-state index >= 15 is 0 Å². The zero-order valence-electron chi connectivity index (χ0n) is 17.6. The molecule has 0 amide bonds. The Bertz CT molecular complexity index is 1060. The molecule has 1 aromatic heterocycles. The van der Waals surface area contributed by atoms with Crippen LogP contribution in [-0.2, 0) is 4.74 Å². The van der Waals surface area contributed by atoms with Crippen molar-refractivity contribution in [3.63, 3.8) is 0 Å². The Hall–Kier alpha value is -3.52. The van der Waals surface area contributed by atoms with Gasteiger partial charge >= 0.3 is 0 Å². The molecule has 1 aromatic carbocycles. The Morgan fingerprint density at radius 2 is 1.87 bits per heavy atom. The van der Waals surface area contributed by atoms with Crippen molar-refractivity contribution in [1.82, 2.24) is 4.98 Å². The molecule has 2 aromatic rings. The van der Waals surface area contributed by atoms with Crippen LogP contribution in [0.5, 0.6) is 5.75 Å². The fourth-order valence-corrected chi connectivity index (χ4v) is 3.54. The van der Waals surface area contributed by atoms with Gasteiger partial charge in [0.2, 0.25) is 0 Å². The summed E-state index contributed by atoms with van der Waals surface area (Å²) in [5.41, 5.74) is 8.60. The summed E-state index contributed by atoms with van der Waals surface area (Å²) in [6.45, 7) is 6.86. The van der Waals surface area contributed by atoms with Crippen molar-refractivity contribution in [3.8, 4) is 29.0 Å². The average molecular weight is 433 g/mol. The van der Waals surface area contributed by atoms with E-state index in [2.05, 4.69) is 23.7 Å². The largest absolute Gasteiger partial charge is 0.491 e. The van der Waals surface area contributed by atoms with Crippen LogP contribution in [0.4, 0.5) is 5.82 Å². The van der Waals surface area contributed by atoms with Crippen molar-refractivity contribution in [1.29, 1.82) is 10.5 Å². The van der Waals surface area contributed by atoms with Gasteiger partial charge in [-0.25, -0.2) is 4.98 Å². The van der Waals surface area contributed by atoms with Gasteiger partial charge in [0.1, 0.15) is 40.9 Å². The molecule has 0 bridgehead atoms. The number of nitrogens with zero attached hydrogens (tertiary/aromatic N) is 3. The number of nitriles is 2. The zero-order chi connectivity index (χ0) is 22.6. The smallest absolute Gasteiger partial charge is 0.143 e. The average Bonchev–Trinajstić information content (AvgIpc) is 2.78. The lowest BCUT2D eigenvalue weighted by Crippen LogP contribution is -2.05. The normalized spacial score (nSPS) is 10.8. The van der Waals surface area contributed by atoms with Crippen molar-refractivity contribution in [3.05, 3.63) is 71.8 Å². The molecule has 0 radical (unpaired) electrons. The molecule has 0 unspecified atom stereocenters. The highest BCUT2D eigenvalue weighted by atomic mass is 32.2. The van der Waals surface area contributed by atoms with E-state index in [-0.39, 0.29) is 11.4 Å². The molecule has 31 heavy (non-hydrogen) atoms. The summed E-state index contributed by atoms with van der Waals surface area (Å²) in [5.74, 6) is 1.29. The van der Waals surface area contributed by atoms with Gasteiger partial charge in [-0.05, 0) is 30.2 Å². The van der Waals surface area contributed by atoms with E-state index in [0.29, 0.717) is 46.4 Å². The summed E-state index contributed by atoms with van der Waals surface area (Å²) in [5, 5.41) is 20.0. The van der Waals surface area contributed by atoms with Crippen molar-refractivity contribution < 1.29 is 9.47 Å². The summed E-state index contributed by atoms with van der Waals surface area (Å²) in [7, 11) is 1.61. The molecule has 0 saturated heterocycles. The van der Waals surface area contributed by atoms with Gasteiger partial charge in [-0.15, -0.1) is 11.8 Å². The van der Waals surface area contributed by atoms with Crippen molar-refractivity contribution in [2.24, 2.45) is 0 Å². The summed E-state index contributed by atoms with van der Waals surface area (Å²) in [4.78, 5) is 4.31. The van der Waals surface area contributed by atoms with E-state index in [4.69, 9.17) is 15.2 Å². The second-order valence-electron chi connectivity index (χ2n) is 6.35. The van der Waals surface area contributed by atoms with Gasteiger partial charge in [-0.1, -0.05) is 43.0 Å². The molecule has 0 spiro atoms. The molecular weight excluding hydrogens is 408 g/mol. The lowest BCUT2D eigenvalue weighted by Gasteiger charge is -2.13. The van der Waals surface area contributed by atoms with E-state index < -0.39 is 0 Å². The van der Waals surface area contributed by atoms with Gasteiger partial charge in [0.25, 0.3) is 0 Å². The number of pyridine rings is 1. The number of hydrogen-bond acceptors (Lipinski definition) is 7. The molecule has 0 aliphatic rings. The van der Waals surface area contributed by atoms with Crippen LogP contribution in [0, 0.1) is 22.7 Å². The zero-order valence-corrected chi connectivity index (χ0v) is 18.4. The first-order valence-corrected chi connectivity index (χ1v) is 10.5. The lowest BCUT2D eigenvalue weighted by molar-refractivity contribution is 0.146. The molecule has 0 saturated carbocycles. The molecular formula is C24H24N4O2S. The van der Waals surface area contributed by atoms with E-state index in [1.165, 1.54) is 11.8 Å². The third kappa shape index (κ3) is 6.48. The van der Waals surface area contributed by atoms with E-state index in [1.54, 1.807) is 31.4 Å². The topological polar surface area (TPSA) is 105 Å². The maximum absolute atomic E-state index is 9.87. The monoisotopic (exact) mass is 432 g/mol. The number of allylic oxidation sites excluding steroid dienone is 4. The molecule has 0 atom stereocenters. The van der Waals surface area contributed by atoms with Gasteiger partial charge in [-0.2, -0.15) is 10.5 Å². The molecule has 0 aliphatic heterocycles. The van der Waals surface area contributed by atoms with Gasteiger partial charge in [0.05, 0.1) is 12.2 Å². The number of nitrogen functional groups attached to an aromatic ring is 1. The maximum Gasteiger partial charge on any atom is 0.143 e. The van der Waals surface area contributed by atoms with Gasteiger partial charge in [-0.3, -0.25) is 0 Å². The van der Waals surface area contributed by atoms with Gasteiger partial charge in [0, 0.05) is 18.4 Å². The standard InChI is InChI=1S/C24H24N4O2S/c1-4-5-6-7-17(2)16-31-24-21(15-26)22(20(14-25)23(27)28-24)18-8-10-19(11-9-18)30-13-12-29-3/h4-11H,2,12-13,16H2,1,3H3,(H2,27,28)/b5-4-,7-6-. The summed E-state index contributed by atoms with van der Waals surface area (Å²) >= 11 is 1.36. The molecule has 2 N–H and O–H groups in total. The fourth-order valence-electron chi connectivity index (χ4n) is 2.66. The summed E-state index contributed by atoms with van der Waals surface area (Å²) in [6.07, 6.45) is 7.63. The van der Waals surface area contributed by atoms with Crippen molar-refractivity contribution >= 4 is 17.6 Å². The Morgan fingerprint density at radius 1 is 1.16 bits per heavy atom.